The number of hydrogen-bond donors (Lipinski definition) is 3. The van der Waals surface area contributed by atoms with Gasteiger partial charge in [0.25, 0.3) is 0 Å². The molecule has 0 saturated carbocycles. The number of thiazole rings is 1. The molecule has 0 aliphatic carbocycles. The van der Waals surface area contributed by atoms with Crippen molar-refractivity contribution in [1.29, 1.82) is 0 Å². The number of aromatic nitrogens is 1. The van der Waals surface area contributed by atoms with E-state index in [1.165, 1.54) is 0 Å². The number of benzene rings is 1. The average molecular weight is 332 g/mol. The second kappa shape index (κ2) is 6.39. The van der Waals surface area contributed by atoms with Gasteiger partial charge in [-0.15, -0.1) is 0 Å². The van der Waals surface area contributed by atoms with Crippen molar-refractivity contribution >= 4 is 44.3 Å². The van der Waals surface area contributed by atoms with Gasteiger partial charge in [0, 0.05) is 26.2 Å². The van der Waals surface area contributed by atoms with E-state index >= 15 is 0 Å². The summed E-state index contributed by atoms with van der Waals surface area (Å²) in [6.07, 6.45) is 0. The minimum Gasteiger partial charge on any atom is -0.370 e. The predicted molar refractivity (Wildman–Crippen MR) is 96.4 cm³/mol. The number of nitrogens with two attached hydrogens (primary N) is 3. The van der Waals surface area contributed by atoms with Gasteiger partial charge in [0.15, 0.2) is 11.1 Å². The molecular weight excluding hydrogens is 312 g/mol. The van der Waals surface area contributed by atoms with Gasteiger partial charge < -0.3 is 27.0 Å². The van der Waals surface area contributed by atoms with Crippen molar-refractivity contribution in [3.8, 4) is 0 Å². The number of nitrogens with zero attached hydrogens (tertiary/aromatic N) is 5. The lowest BCUT2D eigenvalue weighted by atomic mass is 10.3. The van der Waals surface area contributed by atoms with Crippen LogP contribution in [0.3, 0.4) is 0 Å². The minimum atomic E-state index is -0.109. The molecule has 122 valence electrons. The molecule has 2 heterocycles. The summed E-state index contributed by atoms with van der Waals surface area (Å²) in [5.41, 5.74) is 17.9. The van der Waals surface area contributed by atoms with Gasteiger partial charge in [-0.1, -0.05) is 11.3 Å². The Morgan fingerprint density at radius 2 is 1.91 bits per heavy atom. The van der Waals surface area contributed by atoms with Crippen molar-refractivity contribution in [2.24, 2.45) is 27.2 Å². The van der Waals surface area contributed by atoms with Gasteiger partial charge in [-0.3, -0.25) is 0 Å². The van der Waals surface area contributed by atoms with Crippen molar-refractivity contribution in [2.75, 3.05) is 38.1 Å². The number of anilines is 1. The van der Waals surface area contributed by atoms with E-state index in [9.17, 15) is 0 Å². The molecule has 1 aliphatic heterocycles. The largest absolute Gasteiger partial charge is 0.370 e. The maximum absolute atomic E-state index is 5.66. The Kier molecular flexibility index (Phi) is 4.30. The first-order valence-electron chi connectivity index (χ1n) is 7.29. The summed E-state index contributed by atoms with van der Waals surface area (Å²) in [5, 5.41) is 1.05. The topological polar surface area (TPSA) is 122 Å². The van der Waals surface area contributed by atoms with Crippen LogP contribution in [-0.2, 0) is 0 Å². The molecule has 0 amide bonds. The highest BCUT2D eigenvalue weighted by Gasteiger charge is 2.17. The standard InChI is InChI=1S/C14H20N8S/c1-21-4-6-22(7-5-21)14-19-10-3-2-9(8-11(10)23-14)18-13(17)20-12(15)16/h2-3,8H,4-7H2,1H3,(H6,15,16,17,18,20). The normalized spacial score (nSPS) is 16.7. The van der Waals surface area contributed by atoms with Gasteiger partial charge in [0.05, 0.1) is 15.9 Å². The highest BCUT2D eigenvalue weighted by Crippen LogP contribution is 2.31. The lowest BCUT2D eigenvalue weighted by Gasteiger charge is -2.31. The number of fused-ring (bicyclic) bond motifs is 1. The fraction of sp³-hybridized carbons (Fsp3) is 0.357. The Balaban J connectivity index is 1.85. The van der Waals surface area contributed by atoms with Crippen LogP contribution >= 0.6 is 11.3 Å². The summed E-state index contributed by atoms with van der Waals surface area (Å²) in [6, 6.07) is 5.74. The average Bonchev–Trinajstić information content (AvgIpc) is 2.90. The fourth-order valence-corrected chi connectivity index (χ4v) is 3.44. The summed E-state index contributed by atoms with van der Waals surface area (Å²) in [5.74, 6) is -0.0735. The molecule has 1 saturated heterocycles. The highest BCUT2D eigenvalue weighted by atomic mass is 32.1. The first-order chi connectivity index (χ1) is 11.0. The SMILES string of the molecule is CN1CCN(c2nc3ccc(N=C(N)N=C(N)N)cc3s2)CC1. The molecule has 0 unspecified atom stereocenters. The molecule has 6 N–H and O–H groups in total. The van der Waals surface area contributed by atoms with Crippen molar-refractivity contribution < 1.29 is 0 Å². The zero-order chi connectivity index (χ0) is 16.4. The van der Waals surface area contributed by atoms with E-state index in [1.54, 1.807) is 11.3 Å². The van der Waals surface area contributed by atoms with Crippen molar-refractivity contribution in [1.82, 2.24) is 9.88 Å². The number of hydrogen-bond acceptors (Lipinski definition) is 5. The van der Waals surface area contributed by atoms with Crippen LogP contribution in [0.25, 0.3) is 10.2 Å². The molecule has 9 heteroatoms. The lowest BCUT2D eigenvalue weighted by molar-refractivity contribution is 0.313. The van der Waals surface area contributed by atoms with Crippen molar-refractivity contribution in [3.05, 3.63) is 18.2 Å². The van der Waals surface area contributed by atoms with Crippen LogP contribution in [0.2, 0.25) is 0 Å². The number of aliphatic imine (C=N–C) groups is 2. The second-order valence-corrected chi connectivity index (χ2v) is 6.45. The first-order valence-corrected chi connectivity index (χ1v) is 8.11. The second-order valence-electron chi connectivity index (χ2n) is 5.45. The van der Waals surface area contributed by atoms with E-state index in [-0.39, 0.29) is 11.9 Å². The molecule has 0 radical (unpaired) electrons. The molecule has 3 rings (SSSR count). The van der Waals surface area contributed by atoms with Crippen molar-refractivity contribution in [2.45, 2.75) is 0 Å². The molecule has 0 bridgehead atoms. The molecule has 1 aromatic carbocycles. The number of rotatable bonds is 2. The molecule has 1 aliphatic rings. The number of piperazine rings is 1. The quantitative estimate of drug-likeness (QED) is 0.536. The third-order valence-electron chi connectivity index (χ3n) is 3.62. The summed E-state index contributed by atoms with van der Waals surface area (Å²) in [6.45, 7) is 4.11. The summed E-state index contributed by atoms with van der Waals surface area (Å²) >= 11 is 1.66. The molecule has 0 atom stereocenters. The Labute approximate surface area is 138 Å². The van der Waals surface area contributed by atoms with E-state index in [1.807, 2.05) is 18.2 Å². The zero-order valence-electron chi connectivity index (χ0n) is 12.9. The molecule has 8 nitrogen and oxygen atoms in total. The van der Waals surface area contributed by atoms with Crippen LogP contribution in [0.5, 0.6) is 0 Å². The van der Waals surface area contributed by atoms with Gasteiger partial charge in [-0.2, -0.15) is 4.99 Å². The van der Waals surface area contributed by atoms with Gasteiger partial charge in [-0.25, -0.2) is 9.98 Å². The van der Waals surface area contributed by atoms with Crippen LogP contribution < -0.4 is 22.1 Å². The summed E-state index contributed by atoms with van der Waals surface area (Å²) in [7, 11) is 2.14. The van der Waals surface area contributed by atoms with Crippen LogP contribution in [0.15, 0.2) is 28.2 Å². The Bertz CT molecular complexity index is 753. The number of guanidine groups is 2. The maximum Gasteiger partial charge on any atom is 0.223 e. The van der Waals surface area contributed by atoms with Gasteiger partial charge in [-0.05, 0) is 25.2 Å². The third-order valence-corrected chi connectivity index (χ3v) is 4.70. The lowest BCUT2D eigenvalue weighted by Crippen LogP contribution is -2.44. The van der Waals surface area contributed by atoms with Crippen LogP contribution in [0.1, 0.15) is 0 Å². The van der Waals surface area contributed by atoms with E-state index in [0.29, 0.717) is 5.69 Å². The molecule has 0 spiro atoms. The smallest absolute Gasteiger partial charge is 0.223 e. The van der Waals surface area contributed by atoms with Crippen molar-refractivity contribution in [3.63, 3.8) is 0 Å². The fourth-order valence-electron chi connectivity index (χ4n) is 2.39. The zero-order valence-corrected chi connectivity index (χ0v) is 13.8. The predicted octanol–water partition coefficient (Wildman–Crippen LogP) is 0.268. The maximum atomic E-state index is 5.66. The Hall–Kier alpha value is -2.39. The molecule has 1 aromatic heterocycles. The van der Waals surface area contributed by atoms with E-state index in [0.717, 1.165) is 41.5 Å². The highest BCUT2D eigenvalue weighted by molar-refractivity contribution is 7.22. The van der Waals surface area contributed by atoms with E-state index in [4.69, 9.17) is 22.2 Å². The van der Waals surface area contributed by atoms with Gasteiger partial charge in [0.1, 0.15) is 0 Å². The molecule has 1 fully saturated rings. The number of likely N-dealkylation sites (N-methyl/N-ethyl adjacent to an activating group) is 1. The molecule has 23 heavy (non-hydrogen) atoms. The Morgan fingerprint density at radius 1 is 1.17 bits per heavy atom. The van der Waals surface area contributed by atoms with Gasteiger partial charge >= 0.3 is 0 Å². The summed E-state index contributed by atoms with van der Waals surface area (Å²) < 4.78 is 1.07. The molecule has 2 aromatic rings. The van der Waals surface area contributed by atoms with Crippen LogP contribution in [0.4, 0.5) is 10.8 Å². The minimum absolute atomic E-state index is 0.0353. The van der Waals surface area contributed by atoms with Crippen LogP contribution in [-0.4, -0.2) is 55.0 Å². The first kappa shape index (κ1) is 15.5. The Morgan fingerprint density at radius 3 is 2.61 bits per heavy atom. The third kappa shape index (κ3) is 3.69. The van der Waals surface area contributed by atoms with E-state index in [2.05, 4.69) is 26.8 Å². The monoisotopic (exact) mass is 332 g/mol. The summed E-state index contributed by atoms with van der Waals surface area (Å²) in [4.78, 5) is 17.3. The van der Waals surface area contributed by atoms with Gasteiger partial charge in [0.2, 0.25) is 5.96 Å². The van der Waals surface area contributed by atoms with Crippen LogP contribution in [0, 0.1) is 0 Å². The molecular formula is C14H20N8S. The van der Waals surface area contributed by atoms with E-state index < -0.39 is 0 Å².